The van der Waals surface area contributed by atoms with E-state index < -0.39 is 0 Å². The molecule has 0 saturated carbocycles. The van der Waals surface area contributed by atoms with Gasteiger partial charge in [0, 0.05) is 24.3 Å². The van der Waals surface area contributed by atoms with Crippen molar-refractivity contribution in [2.75, 3.05) is 16.8 Å². The number of anilines is 2. The van der Waals surface area contributed by atoms with Crippen LogP contribution in [0.1, 0.15) is 40.6 Å². The summed E-state index contributed by atoms with van der Waals surface area (Å²) in [6.07, 6.45) is 2.20. The fourth-order valence-electron chi connectivity index (χ4n) is 2.90. The van der Waals surface area contributed by atoms with Gasteiger partial charge in [-0.1, -0.05) is 6.92 Å². The molecule has 1 aliphatic heterocycles. The van der Waals surface area contributed by atoms with E-state index in [1.165, 1.54) is 11.3 Å². The molecule has 1 aromatic heterocycles. The fraction of sp³-hybridized carbons (Fsp3) is 0.333. The van der Waals surface area contributed by atoms with E-state index in [1.54, 1.807) is 0 Å². The standard InChI is InChI=1S/C18H20N2O2S/c1-3-9-20-15-6-5-14(11-13(15)4-7-16(20)21)19-18(22)17-12(2)8-10-23-17/h5-6,8,10-11H,3-4,7,9H2,1-2H3,(H,19,22). The van der Waals surface area contributed by atoms with Gasteiger partial charge >= 0.3 is 0 Å². The molecule has 0 bridgehead atoms. The molecule has 2 amide bonds. The van der Waals surface area contributed by atoms with Gasteiger partial charge < -0.3 is 10.2 Å². The first-order valence-electron chi connectivity index (χ1n) is 7.89. The van der Waals surface area contributed by atoms with Crippen LogP contribution in [-0.4, -0.2) is 18.4 Å². The Labute approximate surface area is 140 Å². The Balaban J connectivity index is 1.82. The van der Waals surface area contributed by atoms with Crippen LogP contribution in [0.5, 0.6) is 0 Å². The second-order valence-corrected chi connectivity index (χ2v) is 6.69. The van der Waals surface area contributed by atoms with Gasteiger partial charge in [0.2, 0.25) is 5.91 Å². The number of amides is 2. The van der Waals surface area contributed by atoms with Gasteiger partial charge in [-0.15, -0.1) is 11.3 Å². The Morgan fingerprint density at radius 2 is 2.13 bits per heavy atom. The molecule has 2 aromatic rings. The molecule has 1 aromatic carbocycles. The van der Waals surface area contributed by atoms with Gasteiger partial charge in [0.15, 0.2) is 0 Å². The predicted molar refractivity (Wildman–Crippen MR) is 94.4 cm³/mol. The predicted octanol–water partition coefficient (Wildman–Crippen LogP) is 4.00. The average molecular weight is 328 g/mol. The van der Waals surface area contributed by atoms with Crippen molar-refractivity contribution in [2.45, 2.75) is 33.1 Å². The maximum absolute atomic E-state index is 12.3. The SMILES string of the molecule is CCCN1C(=O)CCc2cc(NC(=O)c3sccc3C)ccc21. The molecule has 2 heterocycles. The molecule has 1 N–H and O–H groups in total. The monoisotopic (exact) mass is 328 g/mol. The van der Waals surface area contributed by atoms with E-state index in [0.717, 1.165) is 46.8 Å². The molecule has 0 unspecified atom stereocenters. The van der Waals surface area contributed by atoms with Crippen LogP contribution in [0.4, 0.5) is 11.4 Å². The molecule has 1 aliphatic rings. The second kappa shape index (κ2) is 6.54. The third-order valence-corrected chi connectivity index (χ3v) is 5.07. The van der Waals surface area contributed by atoms with E-state index in [4.69, 9.17) is 0 Å². The molecular weight excluding hydrogens is 308 g/mol. The number of rotatable bonds is 4. The van der Waals surface area contributed by atoms with Crippen molar-refractivity contribution in [1.82, 2.24) is 0 Å². The molecule has 4 nitrogen and oxygen atoms in total. The van der Waals surface area contributed by atoms with Crippen molar-refractivity contribution in [3.05, 3.63) is 45.6 Å². The maximum Gasteiger partial charge on any atom is 0.265 e. The number of thiophene rings is 1. The Morgan fingerprint density at radius 1 is 1.30 bits per heavy atom. The van der Waals surface area contributed by atoms with Gasteiger partial charge in [0.1, 0.15) is 0 Å². The molecule has 0 aliphatic carbocycles. The van der Waals surface area contributed by atoms with Crippen molar-refractivity contribution < 1.29 is 9.59 Å². The molecule has 120 valence electrons. The zero-order valence-electron chi connectivity index (χ0n) is 13.4. The van der Waals surface area contributed by atoms with E-state index in [0.29, 0.717) is 6.42 Å². The lowest BCUT2D eigenvalue weighted by molar-refractivity contribution is -0.118. The van der Waals surface area contributed by atoms with Crippen molar-refractivity contribution in [2.24, 2.45) is 0 Å². The number of aryl methyl sites for hydroxylation is 2. The molecular formula is C18H20N2O2S. The Bertz CT molecular complexity index is 751. The molecule has 0 saturated heterocycles. The summed E-state index contributed by atoms with van der Waals surface area (Å²) in [4.78, 5) is 27.0. The summed E-state index contributed by atoms with van der Waals surface area (Å²) in [6, 6.07) is 7.76. The Kier molecular flexibility index (Phi) is 4.48. The quantitative estimate of drug-likeness (QED) is 0.922. The zero-order valence-corrected chi connectivity index (χ0v) is 14.2. The highest BCUT2D eigenvalue weighted by molar-refractivity contribution is 7.12. The van der Waals surface area contributed by atoms with Crippen molar-refractivity contribution in [3.8, 4) is 0 Å². The largest absolute Gasteiger partial charge is 0.321 e. The summed E-state index contributed by atoms with van der Waals surface area (Å²) in [5.74, 6) is 0.111. The van der Waals surface area contributed by atoms with Gasteiger partial charge in [-0.05, 0) is 60.5 Å². The van der Waals surface area contributed by atoms with E-state index in [9.17, 15) is 9.59 Å². The molecule has 0 fully saturated rings. The van der Waals surface area contributed by atoms with Crippen LogP contribution < -0.4 is 10.2 Å². The summed E-state index contributed by atoms with van der Waals surface area (Å²) in [5, 5.41) is 4.88. The summed E-state index contributed by atoms with van der Waals surface area (Å²) in [7, 11) is 0. The number of carbonyl (C=O) groups excluding carboxylic acids is 2. The minimum absolute atomic E-state index is 0.0743. The average Bonchev–Trinajstić information content (AvgIpc) is 2.96. The third-order valence-electron chi connectivity index (χ3n) is 4.05. The molecule has 5 heteroatoms. The van der Waals surface area contributed by atoms with Crippen molar-refractivity contribution in [3.63, 3.8) is 0 Å². The first-order valence-corrected chi connectivity index (χ1v) is 8.77. The highest BCUT2D eigenvalue weighted by atomic mass is 32.1. The number of carbonyl (C=O) groups is 2. The van der Waals surface area contributed by atoms with Gasteiger partial charge in [-0.2, -0.15) is 0 Å². The molecule has 0 spiro atoms. The Morgan fingerprint density at radius 3 is 2.83 bits per heavy atom. The second-order valence-electron chi connectivity index (χ2n) is 5.78. The van der Waals surface area contributed by atoms with Crippen molar-refractivity contribution in [1.29, 1.82) is 0 Å². The van der Waals surface area contributed by atoms with E-state index in [-0.39, 0.29) is 11.8 Å². The number of hydrogen-bond donors (Lipinski definition) is 1. The summed E-state index contributed by atoms with van der Waals surface area (Å²) >= 11 is 1.45. The number of hydrogen-bond acceptors (Lipinski definition) is 3. The molecule has 0 radical (unpaired) electrons. The zero-order chi connectivity index (χ0) is 16.4. The summed E-state index contributed by atoms with van der Waals surface area (Å²) < 4.78 is 0. The van der Waals surface area contributed by atoms with Gasteiger partial charge in [-0.25, -0.2) is 0 Å². The molecule has 3 rings (SSSR count). The topological polar surface area (TPSA) is 49.4 Å². The van der Waals surface area contributed by atoms with Crippen LogP contribution in [0.15, 0.2) is 29.6 Å². The third kappa shape index (κ3) is 3.15. The van der Waals surface area contributed by atoms with E-state index in [1.807, 2.05) is 41.5 Å². The lowest BCUT2D eigenvalue weighted by Gasteiger charge is -2.29. The minimum Gasteiger partial charge on any atom is -0.321 e. The highest BCUT2D eigenvalue weighted by Gasteiger charge is 2.23. The summed E-state index contributed by atoms with van der Waals surface area (Å²) in [6.45, 7) is 4.75. The van der Waals surface area contributed by atoms with Gasteiger partial charge in [0.05, 0.1) is 4.88 Å². The Hall–Kier alpha value is -2.14. The number of nitrogens with one attached hydrogen (secondary N) is 1. The lowest BCUT2D eigenvalue weighted by atomic mass is 10.00. The fourth-order valence-corrected chi connectivity index (χ4v) is 3.72. The number of benzene rings is 1. The van der Waals surface area contributed by atoms with Crippen LogP contribution in [0.2, 0.25) is 0 Å². The van der Waals surface area contributed by atoms with Gasteiger partial charge in [-0.3, -0.25) is 9.59 Å². The normalized spacial score (nSPS) is 13.8. The van der Waals surface area contributed by atoms with Crippen LogP contribution in [0.25, 0.3) is 0 Å². The van der Waals surface area contributed by atoms with E-state index in [2.05, 4.69) is 12.2 Å². The number of fused-ring (bicyclic) bond motifs is 1. The smallest absolute Gasteiger partial charge is 0.265 e. The first kappa shape index (κ1) is 15.7. The van der Waals surface area contributed by atoms with Crippen LogP contribution >= 0.6 is 11.3 Å². The lowest BCUT2D eigenvalue weighted by Crippen LogP contribution is -2.35. The number of nitrogens with zero attached hydrogens (tertiary/aromatic N) is 1. The molecule has 23 heavy (non-hydrogen) atoms. The van der Waals surface area contributed by atoms with Crippen LogP contribution in [0, 0.1) is 6.92 Å². The minimum atomic E-state index is -0.0743. The van der Waals surface area contributed by atoms with Crippen LogP contribution in [-0.2, 0) is 11.2 Å². The van der Waals surface area contributed by atoms with Crippen molar-refractivity contribution >= 4 is 34.5 Å². The molecule has 0 atom stereocenters. The van der Waals surface area contributed by atoms with E-state index >= 15 is 0 Å². The van der Waals surface area contributed by atoms with Gasteiger partial charge in [0.25, 0.3) is 5.91 Å². The maximum atomic E-state index is 12.3. The van der Waals surface area contributed by atoms with Crippen LogP contribution in [0.3, 0.4) is 0 Å². The summed E-state index contributed by atoms with van der Waals surface area (Å²) in [5.41, 5.74) is 3.88. The highest BCUT2D eigenvalue weighted by Crippen LogP contribution is 2.31. The first-order chi connectivity index (χ1) is 11.1.